The molecule has 1 saturated carbocycles. The Bertz CT molecular complexity index is 347. The first-order chi connectivity index (χ1) is 9.04. The van der Waals surface area contributed by atoms with Gasteiger partial charge in [-0.15, -0.1) is 0 Å². The molecule has 2 rings (SSSR count). The van der Waals surface area contributed by atoms with Crippen molar-refractivity contribution in [3.63, 3.8) is 0 Å². The highest BCUT2D eigenvalue weighted by Crippen LogP contribution is 2.32. The average Bonchev–Trinajstić information content (AvgIpc) is 2.37. The Morgan fingerprint density at radius 2 is 1.74 bits per heavy atom. The van der Waals surface area contributed by atoms with Gasteiger partial charge in [0, 0.05) is 38.1 Å². The third-order valence-corrected chi connectivity index (χ3v) is 4.01. The Kier molecular flexibility index (Phi) is 4.29. The van der Waals surface area contributed by atoms with E-state index < -0.39 is 0 Å². The van der Waals surface area contributed by atoms with Gasteiger partial charge in [-0.05, 0) is 26.2 Å². The van der Waals surface area contributed by atoms with Gasteiger partial charge < -0.3 is 20.3 Å². The fourth-order valence-electron chi connectivity index (χ4n) is 2.57. The molecule has 19 heavy (non-hydrogen) atoms. The lowest BCUT2D eigenvalue weighted by Crippen LogP contribution is -2.55. The summed E-state index contributed by atoms with van der Waals surface area (Å²) in [6, 6.07) is 0. The minimum Gasteiger partial charge on any atom is -0.450 e. The fraction of sp³-hybridized carbons (Fsp3) is 0.846. The summed E-state index contributed by atoms with van der Waals surface area (Å²) in [5.41, 5.74) is 5.82. The number of rotatable bonds is 3. The Labute approximate surface area is 113 Å². The molecular weight excluding hydrogens is 246 g/mol. The van der Waals surface area contributed by atoms with Crippen LogP contribution in [0.15, 0.2) is 0 Å². The van der Waals surface area contributed by atoms with Gasteiger partial charge in [0.15, 0.2) is 0 Å². The van der Waals surface area contributed by atoms with E-state index in [1.807, 2.05) is 4.90 Å². The lowest BCUT2D eigenvalue weighted by atomic mass is 9.75. The van der Waals surface area contributed by atoms with Gasteiger partial charge in [-0.3, -0.25) is 4.79 Å². The van der Waals surface area contributed by atoms with Crippen LogP contribution in [0.5, 0.6) is 0 Å². The van der Waals surface area contributed by atoms with E-state index in [2.05, 4.69) is 0 Å². The van der Waals surface area contributed by atoms with Crippen LogP contribution in [0.3, 0.4) is 0 Å². The molecule has 2 amide bonds. The molecule has 2 aliphatic rings. The second kappa shape index (κ2) is 5.77. The maximum absolute atomic E-state index is 12.1. The molecule has 1 aliphatic heterocycles. The quantitative estimate of drug-likeness (QED) is 0.812. The molecule has 0 radical (unpaired) electrons. The normalized spacial score (nSPS) is 21.8. The van der Waals surface area contributed by atoms with Crippen LogP contribution in [0.25, 0.3) is 0 Å². The molecule has 1 saturated heterocycles. The van der Waals surface area contributed by atoms with E-state index in [1.165, 1.54) is 0 Å². The predicted molar refractivity (Wildman–Crippen MR) is 70.6 cm³/mol. The first-order valence-corrected chi connectivity index (χ1v) is 7.02. The summed E-state index contributed by atoms with van der Waals surface area (Å²) in [5.74, 6) is 0.116. The molecule has 0 unspecified atom stereocenters. The molecule has 0 bridgehead atoms. The molecule has 6 nitrogen and oxygen atoms in total. The van der Waals surface area contributed by atoms with Crippen LogP contribution in [-0.2, 0) is 9.53 Å². The van der Waals surface area contributed by atoms with Gasteiger partial charge in [-0.2, -0.15) is 0 Å². The van der Waals surface area contributed by atoms with Crippen LogP contribution in [0.2, 0.25) is 0 Å². The largest absolute Gasteiger partial charge is 0.450 e. The second-order valence-corrected chi connectivity index (χ2v) is 5.46. The van der Waals surface area contributed by atoms with Gasteiger partial charge in [0.05, 0.1) is 6.61 Å². The van der Waals surface area contributed by atoms with Crippen molar-refractivity contribution in [2.24, 2.45) is 5.73 Å². The number of ether oxygens (including phenoxy) is 1. The van der Waals surface area contributed by atoms with Gasteiger partial charge in [0.1, 0.15) is 0 Å². The standard InChI is InChI=1S/C13H23N3O3/c1-2-19-12(18)16-8-6-15(7-9-16)11(17)10-13(14)4-3-5-13/h2-10,14H2,1H3. The number of nitrogens with two attached hydrogens (primary N) is 1. The molecule has 2 N–H and O–H groups in total. The molecule has 0 spiro atoms. The van der Waals surface area contributed by atoms with Crippen molar-refractivity contribution in [2.45, 2.75) is 38.1 Å². The zero-order chi connectivity index (χ0) is 13.9. The highest BCUT2D eigenvalue weighted by molar-refractivity contribution is 5.78. The highest BCUT2D eigenvalue weighted by Gasteiger charge is 2.36. The minimum absolute atomic E-state index is 0.116. The Hall–Kier alpha value is -1.30. The van der Waals surface area contributed by atoms with E-state index in [9.17, 15) is 9.59 Å². The summed E-state index contributed by atoms with van der Waals surface area (Å²) < 4.78 is 4.95. The van der Waals surface area contributed by atoms with Gasteiger partial charge in [0.25, 0.3) is 0 Å². The van der Waals surface area contributed by atoms with Crippen LogP contribution < -0.4 is 5.73 Å². The Morgan fingerprint density at radius 3 is 2.21 bits per heavy atom. The van der Waals surface area contributed by atoms with Crippen LogP contribution in [-0.4, -0.2) is 60.1 Å². The van der Waals surface area contributed by atoms with E-state index in [1.54, 1.807) is 11.8 Å². The summed E-state index contributed by atoms with van der Waals surface area (Å²) in [6.45, 7) is 4.41. The van der Waals surface area contributed by atoms with Crippen molar-refractivity contribution in [3.05, 3.63) is 0 Å². The lowest BCUT2D eigenvalue weighted by Gasteiger charge is -2.40. The molecule has 1 aliphatic carbocycles. The number of nitrogens with zero attached hydrogens (tertiary/aromatic N) is 2. The number of amides is 2. The number of carbonyl (C=O) groups excluding carboxylic acids is 2. The summed E-state index contributed by atoms with van der Waals surface area (Å²) in [7, 11) is 0. The van der Waals surface area contributed by atoms with E-state index in [0.29, 0.717) is 39.2 Å². The second-order valence-electron chi connectivity index (χ2n) is 5.46. The first kappa shape index (κ1) is 14.1. The molecule has 0 atom stereocenters. The van der Waals surface area contributed by atoms with Crippen LogP contribution >= 0.6 is 0 Å². The minimum atomic E-state index is -0.288. The van der Waals surface area contributed by atoms with Crippen molar-refractivity contribution < 1.29 is 14.3 Å². The zero-order valence-electron chi connectivity index (χ0n) is 11.6. The smallest absolute Gasteiger partial charge is 0.409 e. The maximum Gasteiger partial charge on any atom is 0.409 e. The number of hydrogen-bond acceptors (Lipinski definition) is 4. The van der Waals surface area contributed by atoms with Crippen molar-refractivity contribution in [2.75, 3.05) is 32.8 Å². The summed E-state index contributed by atoms with van der Waals surface area (Å²) in [5, 5.41) is 0. The van der Waals surface area contributed by atoms with Crippen molar-refractivity contribution in [3.8, 4) is 0 Å². The van der Waals surface area contributed by atoms with Crippen LogP contribution in [0.4, 0.5) is 4.79 Å². The Morgan fingerprint density at radius 1 is 1.16 bits per heavy atom. The Balaban J connectivity index is 1.76. The molecule has 0 aromatic rings. The van der Waals surface area contributed by atoms with Crippen LogP contribution in [0.1, 0.15) is 32.6 Å². The number of piperazine rings is 1. The molecule has 2 fully saturated rings. The molecule has 0 aromatic heterocycles. The summed E-state index contributed by atoms with van der Waals surface area (Å²) in [4.78, 5) is 27.1. The highest BCUT2D eigenvalue weighted by atomic mass is 16.6. The van der Waals surface area contributed by atoms with Gasteiger partial charge in [-0.25, -0.2) is 4.79 Å². The third kappa shape index (κ3) is 3.37. The van der Waals surface area contributed by atoms with Gasteiger partial charge in [0.2, 0.25) is 5.91 Å². The number of carbonyl (C=O) groups is 2. The van der Waals surface area contributed by atoms with E-state index in [-0.39, 0.29) is 17.5 Å². The molecular formula is C13H23N3O3. The van der Waals surface area contributed by atoms with Crippen molar-refractivity contribution in [1.29, 1.82) is 0 Å². The fourth-order valence-corrected chi connectivity index (χ4v) is 2.57. The van der Waals surface area contributed by atoms with E-state index in [4.69, 9.17) is 10.5 Å². The average molecular weight is 269 g/mol. The van der Waals surface area contributed by atoms with E-state index >= 15 is 0 Å². The lowest BCUT2D eigenvalue weighted by molar-refractivity contribution is -0.134. The van der Waals surface area contributed by atoms with Crippen molar-refractivity contribution in [1.82, 2.24) is 9.80 Å². The molecule has 0 aromatic carbocycles. The van der Waals surface area contributed by atoms with Gasteiger partial charge in [-0.1, -0.05) is 0 Å². The van der Waals surface area contributed by atoms with Crippen LogP contribution in [0, 0.1) is 0 Å². The topological polar surface area (TPSA) is 75.9 Å². The van der Waals surface area contributed by atoms with E-state index in [0.717, 1.165) is 19.3 Å². The molecule has 108 valence electrons. The predicted octanol–water partition coefficient (Wildman–Crippen LogP) is 0.559. The first-order valence-electron chi connectivity index (χ1n) is 7.02. The monoisotopic (exact) mass is 269 g/mol. The van der Waals surface area contributed by atoms with Crippen molar-refractivity contribution >= 4 is 12.0 Å². The molecule has 6 heteroatoms. The van der Waals surface area contributed by atoms with Gasteiger partial charge >= 0.3 is 6.09 Å². The third-order valence-electron chi connectivity index (χ3n) is 4.01. The number of hydrogen-bond donors (Lipinski definition) is 1. The summed E-state index contributed by atoms with van der Waals surface area (Å²) in [6.07, 6.45) is 3.17. The zero-order valence-corrected chi connectivity index (χ0v) is 11.6. The maximum atomic E-state index is 12.1. The SMILES string of the molecule is CCOC(=O)N1CCN(C(=O)CC2(N)CCC2)CC1. The summed E-state index contributed by atoms with van der Waals surface area (Å²) >= 11 is 0. The molecule has 1 heterocycles.